The zero-order chi connectivity index (χ0) is 26.7. The van der Waals surface area contributed by atoms with Crippen LogP contribution in [0.1, 0.15) is 48.9 Å². The van der Waals surface area contributed by atoms with Gasteiger partial charge in [0, 0.05) is 31.7 Å². The van der Waals surface area contributed by atoms with E-state index in [9.17, 15) is 23.1 Å². The van der Waals surface area contributed by atoms with Gasteiger partial charge in [-0.2, -0.15) is 4.31 Å². The molecule has 0 saturated carbocycles. The number of piperidine rings is 1. The van der Waals surface area contributed by atoms with E-state index in [1.807, 2.05) is 50.2 Å². The molecule has 1 unspecified atom stereocenters. The van der Waals surface area contributed by atoms with Crippen LogP contribution in [0.25, 0.3) is 5.76 Å². The van der Waals surface area contributed by atoms with Crippen molar-refractivity contribution < 1.29 is 23.1 Å². The normalized spacial score (nSPS) is 20.6. The zero-order valence-corrected chi connectivity index (χ0v) is 22.5. The van der Waals surface area contributed by atoms with Crippen LogP contribution in [0.5, 0.6) is 0 Å². The first-order valence-corrected chi connectivity index (χ1v) is 14.2. The number of aryl methyl sites for hydroxylation is 1. The zero-order valence-electron chi connectivity index (χ0n) is 21.7. The van der Waals surface area contributed by atoms with Gasteiger partial charge in [-0.1, -0.05) is 49.7 Å². The average molecular weight is 526 g/mol. The molecule has 1 atom stereocenters. The van der Waals surface area contributed by atoms with E-state index in [1.165, 1.54) is 21.3 Å². The number of hydrogen-bond acceptors (Lipinski definition) is 6. The number of carbonyl (C=O) groups excluding carboxylic acids is 2. The van der Waals surface area contributed by atoms with Crippen LogP contribution in [0, 0.1) is 0 Å². The van der Waals surface area contributed by atoms with Crippen LogP contribution in [0.2, 0.25) is 0 Å². The second-order valence-corrected chi connectivity index (χ2v) is 11.8. The van der Waals surface area contributed by atoms with Crippen LogP contribution < -0.4 is 0 Å². The first-order valence-electron chi connectivity index (χ1n) is 12.8. The highest BCUT2D eigenvalue weighted by Gasteiger charge is 2.46. The van der Waals surface area contributed by atoms with Crippen LogP contribution in [-0.2, 0) is 26.0 Å². The molecule has 0 bridgehead atoms. The predicted molar refractivity (Wildman–Crippen MR) is 142 cm³/mol. The summed E-state index contributed by atoms with van der Waals surface area (Å²) in [6.07, 6.45) is 3.47. The van der Waals surface area contributed by atoms with Gasteiger partial charge in [-0.15, -0.1) is 0 Å². The van der Waals surface area contributed by atoms with Gasteiger partial charge in [0.15, 0.2) is 0 Å². The van der Waals surface area contributed by atoms with E-state index in [-0.39, 0.29) is 21.8 Å². The molecular weight excluding hydrogens is 490 g/mol. The highest BCUT2D eigenvalue weighted by molar-refractivity contribution is 7.89. The van der Waals surface area contributed by atoms with Crippen molar-refractivity contribution in [2.75, 3.05) is 40.3 Å². The summed E-state index contributed by atoms with van der Waals surface area (Å²) >= 11 is 0. The maximum Gasteiger partial charge on any atom is 0.295 e. The van der Waals surface area contributed by atoms with E-state index in [4.69, 9.17) is 0 Å². The highest BCUT2D eigenvalue weighted by Crippen LogP contribution is 2.39. The number of likely N-dealkylation sites (N-methyl/N-ethyl adjacent to an activating group) is 1. The molecule has 2 aromatic rings. The van der Waals surface area contributed by atoms with Gasteiger partial charge in [-0.05, 0) is 56.6 Å². The SMILES string of the molecule is CCc1ccc(C2/C(=C(\O)c3cccc(S(=O)(=O)N4CCCCC4)c3)C(=O)C(=O)N2CCN(C)C)cc1. The molecule has 0 aliphatic carbocycles. The van der Waals surface area contributed by atoms with Crippen LogP contribution >= 0.6 is 0 Å². The minimum atomic E-state index is -3.74. The van der Waals surface area contributed by atoms with Crippen molar-refractivity contribution in [3.8, 4) is 0 Å². The molecule has 0 radical (unpaired) electrons. The Balaban J connectivity index is 1.79. The number of carbonyl (C=O) groups is 2. The number of hydrogen-bond donors (Lipinski definition) is 1. The molecule has 8 nitrogen and oxygen atoms in total. The summed E-state index contributed by atoms with van der Waals surface area (Å²) in [5.74, 6) is -1.82. The van der Waals surface area contributed by atoms with Gasteiger partial charge in [-0.3, -0.25) is 9.59 Å². The summed E-state index contributed by atoms with van der Waals surface area (Å²) in [7, 11) is 0.0333. The fraction of sp³-hybridized carbons (Fsp3) is 0.429. The number of rotatable bonds is 8. The number of aliphatic hydroxyl groups excluding tert-OH is 1. The third-order valence-corrected chi connectivity index (χ3v) is 8.99. The molecule has 2 fully saturated rings. The highest BCUT2D eigenvalue weighted by atomic mass is 32.2. The summed E-state index contributed by atoms with van der Waals surface area (Å²) < 4.78 is 27.9. The topological polar surface area (TPSA) is 98.2 Å². The largest absolute Gasteiger partial charge is 0.507 e. The lowest BCUT2D eigenvalue weighted by Gasteiger charge is -2.27. The summed E-state index contributed by atoms with van der Waals surface area (Å²) in [5.41, 5.74) is 2.00. The third kappa shape index (κ3) is 5.49. The molecule has 2 aromatic carbocycles. The number of aliphatic hydroxyl groups is 1. The Morgan fingerprint density at radius 3 is 2.32 bits per heavy atom. The molecule has 198 valence electrons. The van der Waals surface area contributed by atoms with Gasteiger partial charge in [-0.25, -0.2) is 8.42 Å². The van der Waals surface area contributed by atoms with E-state index < -0.39 is 27.8 Å². The Hall–Kier alpha value is -3.01. The van der Waals surface area contributed by atoms with Gasteiger partial charge < -0.3 is 14.9 Å². The maximum atomic E-state index is 13.3. The Kier molecular flexibility index (Phi) is 8.16. The van der Waals surface area contributed by atoms with Gasteiger partial charge in [0.1, 0.15) is 5.76 Å². The van der Waals surface area contributed by atoms with Crippen molar-refractivity contribution in [1.82, 2.24) is 14.1 Å². The van der Waals surface area contributed by atoms with E-state index in [2.05, 4.69) is 0 Å². The average Bonchev–Trinajstić information content (AvgIpc) is 3.17. The lowest BCUT2D eigenvalue weighted by Crippen LogP contribution is -2.35. The second kappa shape index (κ2) is 11.2. The molecule has 2 heterocycles. The van der Waals surface area contributed by atoms with Crippen molar-refractivity contribution in [1.29, 1.82) is 0 Å². The van der Waals surface area contributed by atoms with Crippen molar-refractivity contribution in [3.63, 3.8) is 0 Å². The van der Waals surface area contributed by atoms with Crippen LogP contribution in [0.3, 0.4) is 0 Å². The van der Waals surface area contributed by atoms with Gasteiger partial charge in [0.05, 0.1) is 16.5 Å². The minimum Gasteiger partial charge on any atom is -0.507 e. The fourth-order valence-electron chi connectivity index (χ4n) is 4.91. The van der Waals surface area contributed by atoms with Crippen molar-refractivity contribution in [2.45, 2.75) is 43.5 Å². The molecule has 9 heteroatoms. The number of likely N-dealkylation sites (tertiary alicyclic amines) is 1. The maximum absolute atomic E-state index is 13.3. The smallest absolute Gasteiger partial charge is 0.295 e. The number of Topliss-reactive ketones (excluding diaryl/α,β-unsaturated/α-hetero) is 1. The Morgan fingerprint density at radius 2 is 1.70 bits per heavy atom. The molecule has 4 rings (SSSR count). The number of nitrogens with zero attached hydrogens (tertiary/aromatic N) is 3. The van der Waals surface area contributed by atoms with E-state index in [0.29, 0.717) is 31.7 Å². The number of ketones is 1. The molecule has 37 heavy (non-hydrogen) atoms. The predicted octanol–water partition coefficient (Wildman–Crippen LogP) is 3.41. The molecular formula is C28H35N3O5S. The third-order valence-electron chi connectivity index (χ3n) is 7.09. The van der Waals surface area contributed by atoms with Crippen LogP contribution in [0.15, 0.2) is 59.0 Å². The summed E-state index contributed by atoms with van der Waals surface area (Å²) in [5, 5.41) is 11.4. The van der Waals surface area contributed by atoms with Gasteiger partial charge in [0.2, 0.25) is 10.0 Å². The van der Waals surface area contributed by atoms with E-state index in [1.54, 1.807) is 12.1 Å². The number of benzene rings is 2. The van der Waals surface area contributed by atoms with Crippen LogP contribution in [-0.4, -0.2) is 79.6 Å². The monoisotopic (exact) mass is 525 g/mol. The molecule has 1 N–H and O–H groups in total. The second-order valence-electron chi connectivity index (χ2n) is 9.88. The standard InChI is InChI=1S/C28H35N3O5S/c1-4-20-11-13-21(14-12-20)25-24(27(33)28(34)31(25)18-17-29(2)3)26(32)22-9-8-10-23(19-22)37(35,36)30-15-6-5-7-16-30/h8-14,19,25,32H,4-7,15-18H2,1-3H3/b26-24+. The molecule has 1 amide bonds. The molecule has 2 aliphatic heterocycles. The Bertz CT molecular complexity index is 1300. The quantitative estimate of drug-likeness (QED) is 0.322. The molecule has 0 aromatic heterocycles. The van der Waals surface area contributed by atoms with E-state index in [0.717, 1.165) is 31.2 Å². The summed E-state index contributed by atoms with van der Waals surface area (Å²) in [4.78, 5) is 29.8. The van der Waals surface area contributed by atoms with Crippen LogP contribution in [0.4, 0.5) is 0 Å². The number of amides is 1. The summed E-state index contributed by atoms with van der Waals surface area (Å²) in [6.45, 7) is 3.81. The van der Waals surface area contributed by atoms with Crippen molar-refractivity contribution >= 4 is 27.5 Å². The Labute approximate surface area is 219 Å². The molecule has 2 aliphatic rings. The van der Waals surface area contributed by atoms with Crippen molar-refractivity contribution in [2.24, 2.45) is 0 Å². The lowest BCUT2D eigenvalue weighted by atomic mass is 9.94. The Morgan fingerprint density at radius 1 is 1.03 bits per heavy atom. The minimum absolute atomic E-state index is 0.0273. The molecule has 0 spiro atoms. The van der Waals surface area contributed by atoms with Crippen molar-refractivity contribution in [3.05, 3.63) is 70.8 Å². The first kappa shape index (κ1) is 27.0. The summed E-state index contributed by atoms with van der Waals surface area (Å²) in [6, 6.07) is 12.9. The lowest BCUT2D eigenvalue weighted by molar-refractivity contribution is -0.140. The molecule has 2 saturated heterocycles. The first-order chi connectivity index (χ1) is 17.6. The number of sulfonamides is 1. The fourth-order valence-corrected chi connectivity index (χ4v) is 6.48. The van der Waals surface area contributed by atoms with E-state index >= 15 is 0 Å². The van der Waals surface area contributed by atoms with Gasteiger partial charge in [0.25, 0.3) is 11.7 Å². The van der Waals surface area contributed by atoms with Gasteiger partial charge >= 0.3 is 0 Å².